The van der Waals surface area contributed by atoms with E-state index in [0.717, 1.165) is 30.4 Å². The quantitative estimate of drug-likeness (QED) is 0.541. The van der Waals surface area contributed by atoms with Gasteiger partial charge in [0.1, 0.15) is 5.60 Å². The van der Waals surface area contributed by atoms with Crippen molar-refractivity contribution in [1.29, 1.82) is 0 Å². The smallest absolute Gasteiger partial charge is 0.410 e. The van der Waals surface area contributed by atoms with Gasteiger partial charge in [0.2, 0.25) is 0 Å². The Morgan fingerprint density at radius 1 is 1.09 bits per heavy atom. The van der Waals surface area contributed by atoms with Crippen LogP contribution in [-0.4, -0.2) is 42.7 Å². The Hall–Kier alpha value is -2.58. The summed E-state index contributed by atoms with van der Waals surface area (Å²) in [5, 5.41) is 10.1. The molecule has 1 amide bonds. The van der Waals surface area contributed by atoms with Gasteiger partial charge in [-0.15, -0.1) is 0 Å². The highest BCUT2D eigenvalue weighted by Gasteiger charge is 2.31. The monoisotopic (exact) mass is 502 g/mol. The molecule has 0 heterocycles. The van der Waals surface area contributed by atoms with Gasteiger partial charge in [-0.05, 0) is 101 Å². The predicted molar refractivity (Wildman–Crippen MR) is 138 cm³/mol. The Morgan fingerprint density at radius 2 is 1.74 bits per heavy atom. The highest BCUT2D eigenvalue weighted by atomic mass is 32.2. The number of nitrogens with zero attached hydrogens (tertiary/aromatic N) is 1. The lowest BCUT2D eigenvalue weighted by Crippen LogP contribution is -2.46. The third-order valence-electron chi connectivity index (χ3n) is 6.07. The number of rotatable bonds is 7. The van der Waals surface area contributed by atoms with Crippen LogP contribution in [0.15, 0.2) is 47.4 Å². The summed E-state index contributed by atoms with van der Waals surface area (Å²) in [6, 6.07) is 11.9. The van der Waals surface area contributed by atoms with Gasteiger partial charge in [-0.2, -0.15) is 0 Å². The van der Waals surface area contributed by atoms with Crippen molar-refractivity contribution in [3.63, 3.8) is 0 Å². The molecular formula is C27H38N2O5S. The molecule has 7 nitrogen and oxygen atoms in total. The van der Waals surface area contributed by atoms with Crippen LogP contribution in [0.2, 0.25) is 0 Å². The van der Waals surface area contributed by atoms with E-state index in [-0.39, 0.29) is 17.0 Å². The van der Waals surface area contributed by atoms with Gasteiger partial charge in [0.05, 0.1) is 10.5 Å². The number of hydrogen-bond donors (Lipinski definition) is 2. The third kappa shape index (κ3) is 6.98. The first-order valence-electron chi connectivity index (χ1n) is 12.2. The van der Waals surface area contributed by atoms with E-state index in [2.05, 4.69) is 4.72 Å². The average Bonchev–Trinajstić information content (AvgIpc) is 2.75. The molecular weight excluding hydrogens is 464 g/mol. The van der Waals surface area contributed by atoms with Crippen molar-refractivity contribution in [1.82, 2.24) is 4.90 Å². The molecule has 0 spiro atoms. The topological polar surface area (TPSA) is 95.9 Å². The first-order valence-corrected chi connectivity index (χ1v) is 13.6. The van der Waals surface area contributed by atoms with E-state index in [4.69, 9.17) is 4.74 Å². The highest BCUT2D eigenvalue weighted by molar-refractivity contribution is 7.92. The number of aryl methyl sites for hydroxylation is 1. The Bertz CT molecular complexity index is 1150. The van der Waals surface area contributed by atoms with Crippen LogP contribution in [-0.2, 0) is 33.2 Å². The summed E-state index contributed by atoms with van der Waals surface area (Å²) in [5.41, 5.74) is 1.76. The second kappa shape index (κ2) is 10.2. The summed E-state index contributed by atoms with van der Waals surface area (Å²) in [6.07, 6.45) is 2.81. The number of hydrogen-bond acceptors (Lipinski definition) is 5. The normalized spacial score (nSPS) is 16.4. The maximum Gasteiger partial charge on any atom is 0.410 e. The van der Waals surface area contributed by atoms with Crippen molar-refractivity contribution in [2.45, 2.75) is 89.4 Å². The number of nitrogens with one attached hydrogen (secondary N) is 1. The molecule has 192 valence electrons. The van der Waals surface area contributed by atoms with E-state index in [0.29, 0.717) is 24.2 Å². The summed E-state index contributed by atoms with van der Waals surface area (Å²) < 4.78 is 34.1. The van der Waals surface area contributed by atoms with Gasteiger partial charge in [-0.1, -0.05) is 25.1 Å². The molecule has 0 aromatic heterocycles. The zero-order chi connectivity index (χ0) is 26.0. The van der Waals surface area contributed by atoms with Crippen LogP contribution in [0.3, 0.4) is 0 Å². The first kappa shape index (κ1) is 27.0. The van der Waals surface area contributed by atoms with Gasteiger partial charge in [-0.3, -0.25) is 4.72 Å². The predicted octanol–water partition coefficient (Wildman–Crippen LogP) is 5.22. The van der Waals surface area contributed by atoms with Crippen LogP contribution in [0.25, 0.3) is 0 Å². The lowest BCUT2D eigenvalue weighted by molar-refractivity contribution is 0.0146. The number of anilines is 1. The maximum absolute atomic E-state index is 12.9. The number of sulfonamides is 1. The molecule has 1 atom stereocenters. The van der Waals surface area contributed by atoms with Crippen molar-refractivity contribution in [3.8, 4) is 0 Å². The van der Waals surface area contributed by atoms with Crippen LogP contribution in [0, 0.1) is 0 Å². The second-order valence-corrected chi connectivity index (χ2v) is 12.4. The van der Waals surface area contributed by atoms with Crippen molar-refractivity contribution < 1.29 is 23.1 Å². The molecule has 0 saturated carbocycles. The fourth-order valence-electron chi connectivity index (χ4n) is 4.31. The zero-order valence-electron chi connectivity index (χ0n) is 21.6. The average molecular weight is 503 g/mol. The van der Waals surface area contributed by atoms with Crippen LogP contribution in [0.4, 0.5) is 10.5 Å². The minimum atomic E-state index is -3.76. The third-order valence-corrected chi connectivity index (χ3v) is 7.46. The fraction of sp³-hybridized carbons (Fsp3) is 0.519. The van der Waals surface area contributed by atoms with Crippen LogP contribution in [0.1, 0.15) is 71.1 Å². The van der Waals surface area contributed by atoms with Crippen molar-refractivity contribution >= 4 is 21.8 Å². The number of ether oxygens (including phenoxy) is 1. The lowest BCUT2D eigenvalue weighted by Gasteiger charge is -2.36. The molecule has 0 fully saturated rings. The van der Waals surface area contributed by atoms with E-state index >= 15 is 0 Å². The molecule has 3 rings (SSSR count). The molecule has 8 heteroatoms. The molecule has 0 saturated heterocycles. The Balaban J connectivity index is 1.74. The number of benzene rings is 2. The SMILES string of the molecule is CCCN(C(=O)OC(C)(C)C)[C@H]1CCc2cc(NS(=O)(=O)c3ccc(C(C)(C)O)cc3)ccc2C1. The number of carbonyl (C=O) groups excluding carboxylic acids is 1. The molecule has 1 aliphatic rings. The summed E-state index contributed by atoms with van der Waals surface area (Å²) in [6.45, 7) is 11.6. The van der Waals surface area contributed by atoms with Crippen LogP contribution >= 0.6 is 0 Å². The highest BCUT2D eigenvalue weighted by Crippen LogP contribution is 2.29. The second-order valence-electron chi connectivity index (χ2n) is 10.7. The minimum absolute atomic E-state index is 0.0501. The van der Waals surface area contributed by atoms with E-state index in [9.17, 15) is 18.3 Å². The van der Waals surface area contributed by atoms with Gasteiger partial charge in [-0.25, -0.2) is 13.2 Å². The standard InChI is InChI=1S/C27H38N2O5S/c1-7-16-29(25(30)34-26(2,3)4)23-13-9-19-17-22(12-8-20(19)18-23)28-35(32,33)24-14-10-21(11-15-24)27(5,6)31/h8,10-12,14-15,17,23,28,31H,7,9,13,16,18H2,1-6H3/t23-/m0/s1. The molecule has 35 heavy (non-hydrogen) atoms. The molecule has 0 bridgehead atoms. The largest absolute Gasteiger partial charge is 0.444 e. The number of aliphatic hydroxyl groups is 1. The minimum Gasteiger partial charge on any atom is -0.444 e. The molecule has 0 unspecified atom stereocenters. The first-order chi connectivity index (χ1) is 16.2. The fourth-order valence-corrected chi connectivity index (χ4v) is 5.36. The number of carbonyl (C=O) groups is 1. The maximum atomic E-state index is 12.9. The Kier molecular flexibility index (Phi) is 7.86. The molecule has 2 N–H and O–H groups in total. The molecule has 0 radical (unpaired) electrons. The van der Waals surface area contributed by atoms with E-state index in [1.165, 1.54) is 12.1 Å². The van der Waals surface area contributed by atoms with Gasteiger partial charge >= 0.3 is 6.09 Å². The Morgan fingerprint density at radius 3 is 2.31 bits per heavy atom. The summed E-state index contributed by atoms with van der Waals surface area (Å²) in [7, 11) is -3.76. The van der Waals surface area contributed by atoms with E-state index in [1.807, 2.05) is 44.7 Å². The summed E-state index contributed by atoms with van der Waals surface area (Å²) in [5.74, 6) is 0. The van der Waals surface area contributed by atoms with Gasteiger partial charge in [0.15, 0.2) is 0 Å². The molecule has 1 aliphatic carbocycles. The van der Waals surface area contributed by atoms with Gasteiger partial charge in [0, 0.05) is 18.3 Å². The zero-order valence-corrected chi connectivity index (χ0v) is 22.4. The van der Waals surface area contributed by atoms with Gasteiger partial charge in [0.25, 0.3) is 10.0 Å². The van der Waals surface area contributed by atoms with Crippen molar-refractivity contribution in [2.75, 3.05) is 11.3 Å². The van der Waals surface area contributed by atoms with Gasteiger partial charge < -0.3 is 14.7 Å². The van der Waals surface area contributed by atoms with Crippen molar-refractivity contribution in [3.05, 3.63) is 59.2 Å². The molecule has 2 aromatic carbocycles. The van der Waals surface area contributed by atoms with E-state index < -0.39 is 21.2 Å². The Labute approximate surface area is 209 Å². The van der Waals surface area contributed by atoms with Crippen molar-refractivity contribution in [2.24, 2.45) is 0 Å². The lowest BCUT2D eigenvalue weighted by atomic mass is 9.87. The summed E-state index contributed by atoms with van der Waals surface area (Å²) >= 11 is 0. The molecule has 2 aromatic rings. The molecule has 0 aliphatic heterocycles. The van der Waals surface area contributed by atoms with Crippen LogP contribution < -0.4 is 4.72 Å². The van der Waals surface area contributed by atoms with E-state index in [1.54, 1.807) is 32.0 Å². The number of fused-ring (bicyclic) bond motifs is 1. The number of amides is 1. The van der Waals surface area contributed by atoms with Crippen LogP contribution in [0.5, 0.6) is 0 Å². The summed E-state index contributed by atoms with van der Waals surface area (Å²) in [4.78, 5) is 14.8.